The van der Waals surface area contributed by atoms with Crippen molar-refractivity contribution in [2.75, 3.05) is 0 Å². The Morgan fingerprint density at radius 1 is 1.21 bits per heavy atom. The smallest absolute Gasteiger partial charge is 0.167 e. The zero-order chi connectivity index (χ0) is 14.0. The van der Waals surface area contributed by atoms with Crippen molar-refractivity contribution in [1.82, 2.24) is 0 Å². The van der Waals surface area contributed by atoms with Crippen LogP contribution >= 0.6 is 39.1 Å². The van der Waals surface area contributed by atoms with Gasteiger partial charge in [0.2, 0.25) is 0 Å². The van der Waals surface area contributed by atoms with Crippen molar-refractivity contribution in [1.29, 1.82) is 0 Å². The summed E-state index contributed by atoms with van der Waals surface area (Å²) < 4.78 is 0.926. The topological polar surface area (TPSA) is 17.1 Å². The maximum absolute atomic E-state index is 12.3. The Bertz CT molecular complexity index is 638. The molecule has 0 bridgehead atoms. The van der Waals surface area contributed by atoms with E-state index >= 15 is 0 Å². The first-order valence-corrected chi connectivity index (χ1v) is 7.26. The minimum atomic E-state index is 0.0305. The lowest BCUT2D eigenvalue weighted by Crippen LogP contribution is -2.06. The Labute approximate surface area is 130 Å². The van der Waals surface area contributed by atoms with Gasteiger partial charge in [-0.05, 0) is 42.3 Å². The largest absolute Gasteiger partial charge is 0.294 e. The van der Waals surface area contributed by atoms with Gasteiger partial charge in [-0.3, -0.25) is 4.79 Å². The van der Waals surface area contributed by atoms with Crippen molar-refractivity contribution < 1.29 is 4.79 Å². The minimum Gasteiger partial charge on any atom is -0.294 e. The minimum absolute atomic E-state index is 0.0305. The first-order valence-electron chi connectivity index (χ1n) is 5.71. The summed E-state index contributed by atoms with van der Waals surface area (Å²) in [6, 6.07) is 10.7. The molecule has 0 saturated heterocycles. The van der Waals surface area contributed by atoms with Gasteiger partial charge in [-0.25, -0.2) is 0 Å². The summed E-state index contributed by atoms with van der Waals surface area (Å²) in [6.45, 7) is 1.91. The lowest BCUT2D eigenvalue weighted by molar-refractivity contribution is 0.0992. The van der Waals surface area contributed by atoms with Gasteiger partial charge in [-0.2, -0.15) is 0 Å². The average molecular weight is 358 g/mol. The number of carbonyl (C=O) groups is 1. The Balaban J connectivity index is 2.31. The van der Waals surface area contributed by atoms with E-state index in [-0.39, 0.29) is 12.2 Å². The SMILES string of the molecule is Cc1c(Br)cccc1C(=O)Cc1cc(Cl)ccc1Cl. The molecule has 0 aromatic heterocycles. The fraction of sp³-hybridized carbons (Fsp3) is 0.133. The Kier molecular flexibility index (Phi) is 4.67. The molecule has 0 aliphatic heterocycles. The summed E-state index contributed by atoms with van der Waals surface area (Å²) >= 11 is 15.4. The number of hydrogen-bond donors (Lipinski definition) is 0. The summed E-state index contributed by atoms with van der Waals surface area (Å²) in [5, 5.41) is 1.14. The Morgan fingerprint density at radius 2 is 1.95 bits per heavy atom. The molecule has 2 rings (SSSR count). The predicted molar refractivity (Wildman–Crippen MR) is 83.4 cm³/mol. The molecule has 19 heavy (non-hydrogen) atoms. The molecular formula is C15H11BrCl2O. The van der Waals surface area contributed by atoms with Crippen LogP contribution in [0.15, 0.2) is 40.9 Å². The number of halogens is 3. The molecule has 2 aromatic rings. The Morgan fingerprint density at radius 3 is 2.68 bits per heavy atom. The highest BCUT2D eigenvalue weighted by Crippen LogP contribution is 2.24. The van der Waals surface area contributed by atoms with E-state index in [4.69, 9.17) is 23.2 Å². The zero-order valence-corrected chi connectivity index (χ0v) is 13.3. The molecule has 0 aliphatic carbocycles. The van der Waals surface area contributed by atoms with E-state index in [0.717, 1.165) is 15.6 Å². The number of hydrogen-bond acceptors (Lipinski definition) is 1. The van der Waals surface area contributed by atoms with Crippen LogP contribution in [0.4, 0.5) is 0 Å². The molecule has 4 heteroatoms. The fourth-order valence-corrected chi connectivity index (χ4v) is 2.60. The molecule has 0 N–H and O–H groups in total. The van der Waals surface area contributed by atoms with Crippen LogP contribution in [0.3, 0.4) is 0 Å². The van der Waals surface area contributed by atoms with E-state index in [9.17, 15) is 4.79 Å². The highest BCUT2D eigenvalue weighted by atomic mass is 79.9. The van der Waals surface area contributed by atoms with Crippen molar-refractivity contribution in [2.45, 2.75) is 13.3 Å². The fourth-order valence-electron chi connectivity index (χ4n) is 1.86. The van der Waals surface area contributed by atoms with E-state index in [1.54, 1.807) is 18.2 Å². The second-order valence-corrected chi connectivity index (χ2v) is 5.95. The summed E-state index contributed by atoms with van der Waals surface area (Å²) in [5.41, 5.74) is 2.38. The van der Waals surface area contributed by atoms with E-state index < -0.39 is 0 Å². The van der Waals surface area contributed by atoms with Gasteiger partial charge in [0.25, 0.3) is 0 Å². The van der Waals surface area contributed by atoms with Gasteiger partial charge in [0, 0.05) is 26.5 Å². The molecular weight excluding hydrogens is 347 g/mol. The number of rotatable bonds is 3. The molecule has 98 valence electrons. The number of carbonyl (C=O) groups excluding carboxylic acids is 1. The van der Waals surface area contributed by atoms with Gasteiger partial charge in [-0.1, -0.05) is 51.3 Å². The molecule has 1 nitrogen and oxygen atoms in total. The molecule has 0 heterocycles. The van der Waals surface area contributed by atoms with Gasteiger partial charge in [0.05, 0.1) is 0 Å². The predicted octanol–water partition coefficient (Wildman–Crippen LogP) is 5.49. The van der Waals surface area contributed by atoms with Crippen molar-refractivity contribution >= 4 is 44.9 Å². The first kappa shape index (κ1) is 14.6. The molecule has 0 radical (unpaired) electrons. The van der Waals surface area contributed by atoms with Crippen molar-refractivity contribution in [3.05, 3.63) is 67.6 Å². The lowest BCUT2D eigenvalue weighted by Gasteiger charge is -2.08. The third kappa shape index (κ3) is 3.38. The van der Waals surface area contributed by atoms with E-state index in [0.29, 0.717) is 15.6 Å². The first-order chi connectivity index (χ1) is 8.99. The van der Waals surface area contributed by atoms with Crippen molar-refractivity contribution in [3.63, 3.8) is 0 Å². The highest BCUT2D eigenvalue weighted by Gasteiger charge is 2.13. The third-order valence-corrected chi connectivity index (χ3v) is 4.39. The normalized spacial score (nSPS) is 10.5. The number of Topliss-reactive ketones (excluding diaryl/α,β-unsaturated/α-hetero) is 1. The maximum atomic E-state index is 12.3. The number of ketones is 1. The van der Waals surface area contributed by atoms with Crippen LogP contribution in [0.1, 0.15) is 21.5 Å². The molecule has 2 aromatic carbocycles. The van der Waals surface area contributed by atoms with Crippen LogP contribution in [-0.4, -0.2) is 5.78 Å². The molecule has 0 atom stereocenters. The van der Waals surface area contributed by atoms with Crippen LogP contribution in [0.25, 0.3) is 0 Å². The van der Waals surface area contributed by atoms with Crippen LogP contribution in [-0.2, 0) is 6.42 Å². The van der Waals surface area contributed by atoms with Crippen LogP contribution < -0.4 is 0 Å². The zero-order valence-electron chi connectivity index (χ0n) is 10.2. The molecule has 0 amide bonds. The van der Waals surface area contributed by atoms with Gasteiger partial charge in [0.15, 0.2) is 5.78 Å². The third-order valence-electron chi connectivity index (χ3n) is 2.93. The lowest BCUT2D eigenvalue weighted by atomic mass is 9.99. The molecule has 0 aliphatic rings. The summed E-state index contributed by atoms with van der Waals surface area (Å²) in [7, 11) is 0. The monoisotopic (exact) mass is 356 g/mol. The van der Waals surface area contributed by atoms with Crippen LogP contribution in [0.5, 0.6) is 0 Å². The van der Waals surface area contributed by atoms with Gasteiger partial charge >= 0.3 is 0 Å². The molecule has 0 saturated carbocycles. The quantitative estimate of drug-likeness (QED) is 0.664. The molecule has 0 fully saturated rings. The van der Waals surface area contributed by atoms with Gasteiger partial charge < -0.3 is 0 Å². The summed E-state index contributed by atoms with van der Waals surface area (Å²) in [4.78, 5) is 12.3. The van der Waals surface area contributed by atoms with Gasteiger partial charge in [-0.15, -0.1) is 0 Å². The standard InChI is InChI=1S/C15H11BrCl2O/c1-9-12(3-2-4-13(9)16)15(19)8-10-7-11(17)5-6-14(10)18/h2-7H,8H2,1H3. The molecule has 0 unspecified atom stereocenters. The summed E-state index contributed by atoms with van der Waals surface area (Å²) in [6.07, 6.45) is 0.247. The average Bonchev–Trinajstić information content (AvgIpc) is 2.37. The second-order valence-electron chi connectivity index (χ2n) is 4.25. The van der Waals surface area contributed by atoms with E-state index in [1.165, 1.54) is 0 Å². The van der Waals surface area contributed by atoms with Gasteiger partial charge in [0.1, 0.15) is 0 Å². The Hall–Kier alpha value is -0.830. The summed E-state index contributed by atoms with van der Waals surface area (Å²) in [5.74, 6) is 0.0305. The molecule has 0 spiro atoms. The van der Waals surface area contributed by atoms with E-state index in [1.807, 2.05) is 25.1 Å². The highest BCUT2D eigenvalue weighted by molar-refractivity contribution is 9.10. The van der Waals surface area contributed by atoms with Crippen LogP contribution in [0.2, 0.25) is 10.0 Å². The van der Waals surface area contributed by atoms with E-state index in [2.05, 4.69) is 15.9 Å². The maximum Gasteiger partial charge on any atom is 0.167 e. The number of benzene rings is 2. The second kappa shape index (κ2) is 6.08. The van der Waals surface area contributed by atoms with Crippen LogP contribution in [0, 0.1) is 6.92 Å². The van der Waals surface area contributed by atoms with Crippen molar-refractivity contribution in [2.24, 2.45) is 0 Å². The van der Waals surface area contributed by atoms with Crippen molar-refractivity contribution in [3.8, 4) is 0 Å².